The Morgan fingerprint density at radius 2 is 1.96 bits per heavy atom. The molecule has 0 aliphatic carbocycles. The highest BCUT2D eigenvalue weighted by Gasteiger charge is 2.08. The molecule has 132 valence electrons. The monoisotopic (exact) mass is 343 g/mol. The Morgan fingerprint density at radius 3 is 2.64 bits per heavy atom. The molecule has 1 heterocycles. The Morgan fingerprint density at radius 1 is 1.20 bits per heavy atom. The van der Waals surface area contributed by atoms with E-state index in [4.69, 9.17) is 18.9 Å². The fourth-order valence-corrected chi connectivity index (χ4v) is 1.92. The van der Waals surface area contributed by atoms with Crippen LogP contribution in [0.3, 0.4) is 0 Å². The van der Waals surface area contributed by atoms with Gasteiger partial charge in [-0.1, -0.05) is 30.3 Å². The number of rotatable bonds is 9. The number of carbonyl (C=O) groups is 1. The van der Waals surface area contributed by atoms with Gasteiger partial charge in [-0.25, -0.2) is 0 Å². The summed E-state index contributed by atoms with van der Waals surface area (Å²) >= 11 is 0. The first-order chi connectivity index (χ1) is 12.1. The van der Waals surface area contributed by atoms with Crippen molar-refractivity contribution in [3.63, 3.8) is 0 Å². The topological polar surface area (TPSA) is 66.9 Å². The predicted molar refractivity (Wildman–Crippen MR) is 93.6 cm³/mol. The number of methoxy groups -OCH3 is 2. The molecule has 1 aromatic heterocycles. The molecule has 1 aromatic carbocycles. The molecule has 1 atom stereocenters. The maximum Gasteiger partial charge on any atom is 0.192 e. The van der Waals surface area contributed by atoms with Crippen LogP contribution in [0.4, 0.5) is 0 Å². The quantitative estimate of drug-likeness (QED) is 0.395. The number of nitrogens with zero attached hydrogens (tertiary/aromatic N) is 1. The number of aromatic nitrogens is 1. The van der Waals surface area contributed by atoms with Gasteiger partial charge in [0.25, 0.3) is 0 Å². The smallest absolute Gasteiger partial charge is 0.192 e. The number of pyridine rings is 1. The molecular weight excluding hydrogens is 322 g/mol. The van der Waals surface area contributed by atoms with E-state index >= 15 is 0 Å². The molecule has 6 heteroatoms. The molecule has 0 aliphatic rings. The van der Waals surface area contributed by atoms with Crippen molar-refractivity contribution in [1.82, 2.24) is 4.98 Å². The van der Waals surface area contributed by atoms with Crippen LogP contribution in [0.1, 0.15) is 23.0 Å². The molecule has 0 N–H and O–H groups in total. The van der Waals surface area contributed by atoms with Gasteiger partial charge in [0, 0.05) is 18.7 Å². The third-order valence-electron chi connectivity index (χ3n) is 3.39. The van der Waals surface area contributed by atoms with E-state index in [-0.39, 0.29) is 18.9 Å². The first-order valence-electron chi connectivity index (χ1n) is 7.72. The number of carbonyl (C=O) groups excluding carboxylic acids is 1. The zero-order valence-corrected chi connectivity index (χ0v) is 14.5. The molecule has 0 radical (unpaired) electrons. The minimum atomic E-state index is -0.379. The van der Waals surface area contributed by atoms with Crippen molar-refractivity contribution >= 4 is 11.9 Å². The summed E-state index contributed by atoms with van der Waals surface area (Å²) in [6, 6.07) is 10.7. The lowest BCUT2D eigenvalue weighted by atomic mass is 10.1. The van der Waals surface area contributed by atoms with Crippen molar-refractivity contribution in [1.29, 1.82) is 0 Å². The standard InChI is InChI=1S/C19H21NO5/c1-14(22-2)24-13-25-18-11-16(20-12-19(18)23-3)9-10-17(21)15-7-5-4-6-8-15/h4-12,14H,13H2,1-3H3/b10-9+. The normalized spacial score (nSPS) is 12.1. The van der Waals surface area contributed by atoms with Crippen LogP contribution in [0.25, 0.3) is 6.08 Å². The van der Waals surface area contributed by atoms with Crippen LogP contribution in [0.2, 0.25) is 0 Å². The highest BCUT2D eigenvalue weighted by molar-refractivity contribution is 6.06. The average molecular weight is 343 g/mol. The molecule has 6 nitrogen and oxygen atoms in total. The molecule has 2 rings (SSSR count). The van der Waals surface area contributed by atoms with Crippen molar-refractivity contribution in [3.8, 4) is 11.5 Å². The van der Waals surface area contributed by atoms with Crippen LogP contribution in [0.5, 0.6) is 11.5 Å². The Bertz CT molecular complexity index is 715. The van der Waals surface area contributed by atoms with Gasteiger partial charge >= 0.3 is 0 Å². The van der Waals surface area contributed by atoms with E-state index in [1.54, 1.807) is 38.3 Å². The maximum absolute atomic E-state index is 12.1. The van der Waals surface area contributed by atoms with Crippen LogP contribution < -0.4 is 9.47 Å². The fourth-order valence-electron chi connectivity index (χ4n) is 1.92. The van der Waals surface area contributed by atoms with E-state index in [9.17, 15) is 4.79 Å². The van der Waals surface area contributed by atoms with E-state index < -0.39 is 0 Å². The molecule has 2 aromatic rings. The largest absolute Gasteiger partial charge is 0.491 e. The zero-order chi connectivity index (χ0) is 18.1. The van der Waals surface area contributed by atoms with Crippen LogP contribution in [-0.2, 0) is 9.47 Å². The third-order valence-corrected chi connectivity index (χ3v) is 3.39. The van der Waals surface area contributed by atoms with E-state index in [1.165, 1.54) is 19.4 Å². The fraction of sp³-hybridized carbons (Fsp3) is 0.263. The van der Waals surface area contributed by atoms with Crippen molar-refractivity contribution in [2.75, 3.05) is 21.0 Å². The summed E-state index contributed by atoms with van der Waals surface area (Å²) in [6.45, 7) is 1.76. The summed E-state index contributed by atoms with van der Waals surface area (Å²) in [5.41, 5.74) is 1.19. The van der Waals surface area contributed by atoms with E-state index in [1.807, 2.05) is 18.2 Å². The van der Waals surface area contributed by atoms with Gasteiger partial charge in [0.05, 0.1) is 19.0 Å². The molecule has 0 saturated heterocycles. The van der Waals surface area contributed by atoms with E-state index in [2.05, 4.69) is 4.98 Å². The van der Waals surface area contributed by atoms with Gasteiger partial charge in [-0.05, 0) is 19.1 Å². The number of hydrogen-bond acceptors (Lipinski definition) is 6. The maximum atomic E-state index is 12.1. The molecule has 0 amide bonds. The summed E-state index contributed by atoms with van der Waals surface area (Å²) in [5, 5.41) is 0. The second kappa shape index (κ2) is 9.56. The Labute approximate surface area is 147 Å². The third kappa shape index (κ3) is 5.70. The molecule has 25 heavy (non-hydrogen) atoms. The molecule has 0 saturated carbocycles. The van der Waals surface area contributed by atoms with Crippen LogP contribution in [-0.4, -0.2) is 38.1 Å². The van der Waals surface area contributed by atoms with Gasteiger partial charge in [-0.3, -0.25) is 9.78 Å². The van der Waals surface area contributed by atoms with E-state index in [0.29, 0.717) is 22.8 Å². The van der Waals surface area contributed by atoms with Crippen LogP contribution >= 0.6 is 0 Å². The second-order valence-electron chi connectivity index (χ2n) is 5.06. The Balaban J connectivity index is 2.07. The molecule has 0 aliphatic heterocycles. The summed E-state index contributed by atoms with van der Waals surface area (Å²) in [5.74, 6) is 0.839. The highest BCUT2D eigenvalue weighted by atomic mass is 16.7. The molecule has 1 unspecified atom stereocenters. The summed E-state index contributed by atoms with van der Waals surface area (Å²) in [7, 11) is 3.07. The van der Waals surface area contributed by atoms with Crippen molar-refractivity contribution in [2.24, 2.45) is 0 Å². The van der Waals surface area contributed by atoms with Crippen LogP contribution in [0, 0.1) is 0 Å². The summed E-state index contributed by atoms with van der Waals surface area (Å²) in [6.07, 6.45) is 4.25. The lowest BCUT2D eigenvalue weighted by Crippen LogP contribution is -2.14. The van der Waals surface area contributed by atoms with Gasteiger partial charge in [-0.2, -0.15) is 0 Å². The van der Waals surface area contributed by atoms with Gasteiger partial charge < -0.3 is 18.9 Å². The lowest BCUT2D eigenvalue weighted by Gasteiger charge is -2.14. The molecule has 0 fully saturated rings. The van der Waals surface area contributed by atoms with Crippen molar-refractivity contribution in [3.05, 3.63) is 59.9 Å². The minimum Gasteiger partial charge on any atom is -0.491 e. The minimum absolute atomic E-state index is 0.00147. The number of allylic oxidation sites excluding steroid dienone is 1. The zero-order valence-electron chi connectivity index (χ0n) is 14.5. The average Bonchev–Trinajstić information content (AvgIpc) is 2.66. The first-order valence-corrected chi connectivity index (χ1v) is 7.72. The van der Waals surface area contributed by atoms with E-state index in [0.717, 1.165) is 0 Å². The summed E-state index contributed by atoms with van der Waals surface area (Å²) in [4.78, 5) is 16.3. The van der Waals surface area contributed by atoms with Gasteiger partial charge in [0.2, 0.25) is 0 Å². The molecule has 0 spiro atoms. The molecular formula is C19H21NO5. The van der Waals surface area contributed by atoms with Gasteiger partial charge in [-0.15, -0.1) is 0 Å². The molecule has 0 bridgehead atoms. The van der Waals surface area contributed by atoms with Crippen molar-refractivity contribution in [2.45, 2.75) is 13.2 Å². The van der Waals surface area contributed by atoms with Crippen molar-refractivity contribution < 1.29 is 23.7 Å². The van der Waals surface area contributed by atoms with Gasteiger partial charge in [0.1, 0.15) is 0 Å². The highest BCUT2D eigenvalue weighted by Crippen LogP contribution is 2.27. The SMILES string of the molecule is COc1cnc(/C=C/C(=O)c2ccccc2)cc1OCOC(C)OC. The first kappa shape index (κ1) is 18.6. The summed E-state index contributed by atoms with van der Waals surface area (Å²) < 4.78 is 21.0. The predicted octanol–water partition coefficient (Wildman–Crippen LogP) is 3.33. The number of benzene rings is 1. The Kier molecular flexibility index (Phi) is 7.13. The lowest BCUT2D eigenvalue weighted by molar-refractivity contribution is -0.149. The number of ether oxygens (including phenoxy) is 4. The number of ketones is 1. The Hall–Kier alpha value is -2.70. The second-order valence-corrected chi connectivity index (χ2v) is 5.06. The number of hydrogen-bond donors (Lipinski definition) is 0. The van der Waals surface area contributed by atoms with Crippen LogP contribution in [0.15, 0.2) is 48.7 Å². The van der Waals surface area contributed by atoms with Gasteiger partial charge in [0.15, 0.2) is 30.4 Å².